The van der Waals surface area contributed by atoms with Crippen LogP contribution < -0.4 is 11.1 Å². The minimum absolute atomic E-state index is 0.169. The fourth-order valence-electron chi connectivity index (χ4n) is 3.50. The largest absolute Gasteiger partial charge is 0.465 e. The number of aromatic nitrogens is 1. The van der Waals surface area contributed by atoms with Gasteiger partial charge in [0.1, 0.15) is 5.82 Å². The lowest BCUT2D eigenvalue weighted by Gasteiger charge is -2.31. The van der Waals surface area contributed by atoms with Crippen LogP contribution in [-0.4, -0.2) is 40.2 Å². The molecule has 27 heavy (non-hydrogen) atoms. The summed E-state index contributed by atoms with van der Waals surface area (Å²) < 4.78 is 0. The molecule has 0 atom stereocenters. The van der Waals surface area contributed by atoms with Crippen LogP contribution in [0.5, 0.6) is 0 Å². The van der Waals surface area contributed by atoms with Gasteiger partial charge in [-0.2, -0.15) is 0 Å². The highest BCUT2D eigenvalue weighted by molar-refractivity contribution is 5.87. The summed E-state index contributed by atoms with van der Waals surface area (Å²) in [7, 11) is 0. The van der Waals surface area contributed by atoms with Crippen LogP contribution in [0.1, 0.15) is 12.8 Å². The number of hydrogen-bond acceptors (Lipinski definition) is 4. The molecule has 1 saturated heterocycles. The van der Waals surface area contributed by atoms with Crippen molar-refractivity contribution in [1.29, 1.82) is 0 Å². The molecule has 6 nitrogen and oxygen atoms in total. The molecule has 1 aliphatic heterocycles. The second-order valence-corrected chi connectivity index (χ2v) is 6.88. The third-order valence-electron chi connectivity index (χ3n) is 5.08. The maximum Gasteiger partial charge on any atom is 0.407 e. The molecule has 0 aliphatic carbocycles. The van der Waals surface area contributed by atoms with Crippen molar-refractivity contribution < 1.29 is 9.90 Å². The Hall–Kier alpha value is -3.28. The molecule has 6 heteroatoms. The number of amides is 1. The molecule has 1 amide bonds. The Balaban J connectivity index is 1.55. The molecule has 0 unspecified atom stereocenters. The molecule has 0 spiro atoms. The average Bonchev–Trinajstić information content (AvgIpc) is 2.69. The number of benzene rings is 2. The summed E-state index contributed by atoms with van der Waals surface area (Å²) >= 11 is 0. The van der Waals surface area contributed by atoms with Crippen molar-refractivity contribution in [3.8, 4) is 11.3 Å². The molecule has 2 heterocycles. The SMILES string of the molecule is Nc1ccc(-c2ccc3ccccc3c2)nc1NC1CCN(C(=O)O)CC1. The van der Waals surface area contributed by atoms with Crippen LogP contribution >= 0.6 is 0 Å². The first-order chi connectivity index (χ1) is 13.1. The number of hydrogen-bond donors (Lipinski definition) is 3. The number of carbonyl (C=O) groups is 1. The lowest BCUT2D eigenvalue weighted by atomic mass is 10.0. The quantitative estimate of drug-likeness (QED) is 0.654. The van der Waals surface area contributed by atoms with Gasteiger partial charge in [-0.3, -0.25) is 0 Å². The number of nitrogens with zero attached hydrogens (tertiary/aromatic N) is 2. The Kier molecular flexibility index (Phi) is 4.54. The van der Waals surface area contributed by atoms with Crippen molar-refractivity contribution in [1.82, 2.24) is 9.88 Å². The number of nitrogen functional groups attached to an aromatic ring is 1. The van der Waals surface area contributed by atoms with E-state index in [1.807, 2.05) is 24.3 Å². The summed E-state index contributed by atoms with van der Waals surface area (Å²) in [5, 5.41) is 14.8. The number of likely N-dealkylation sites (tertiary alicyclic amines) is 1. The zero-order chi connectivity index (χ0) is 18.8. The van der Waals surface area contributed by atoms with Gasteiger partial charge in [0, 0.05) is 24.7 Å². The number of nitrogens with one attached hydrogen (secondary N) is 1. The Morgan fingerprint density at radius 2 is 1.81 bits per heavy atom. The first kappa shape index (κ1) is 17.1. The first-order valence-corrected chi connectivity index (χ1v) is 9.10. The van der Waals surface area contributed by atoms with E-state index >= 15 is 0 Å². The summed E-state index contributed by atoms with van der Waals surface area (Å²) in [6.07, 6.45) is 0.630. The van der Waals surface area contributed by atoms with Gasteiger partial charge in [-0.15, -0.1) is 0 Å². The van der Waals surface area contributed by atoms with Crippen molar-refractivity contribution in [3.05, 3.63) is 54.6 Å². The van der Waals surface area contributed by atoms with Gasteiger partial charge < -0.3 is 21.1 Å². The number of pyridine rings is 1. The fourth-order valence-corrected chi connectivity index (χ4v) is 3.50. The highest BCUT2D eigenvalue weighted by Gasteiger charge is 2.23. The Labute approximate surface area is 157 Å². The summed E-state index contributed by atoms with van der Waals surface area (Å²) in [6.45, 7) is 1.05. The van der Waals surface area contributed by atoms with E-state index in [-0.39, 0.29) is 6.04 Å². The number of nitrogens with two attached hydrogens (primary N) is 1. The molecule has 0 bridgehead atoms. The Bertz CT molecular complexity index is 981. The van der Waals surface area contributed by atoms with E-state index in [2.05, 4.69) is 35.6 Å². The minimum atomic E-state index is -0.857. The van der Waals surface area contributed by atoms with E-state index in [0.29, 0.717) is 24.6 Å². The Morgan fingerprint density at radius 3 is 2.56 bits per heavy atom. The topological polar surface area (TPSA) is 91.5 Å². The maximum atomic E-state index is 11.0. The smallest absolute Gasteiger partial charge is 0.407 e. The predicted octanol–water partition coefficient (Wildman–Crippen LogP) is 4.04. The van der Waals surface area contributed by atoms with Crippen LogP contribution in [0.15, 0.2) is 54.6 Å². The van der Waals surface area contributed by atoms with E-state index in [4.69, 9.17) is 15.8 Å². The molecular weight excluding hydrogens is 340 g/mol. The molecule has 4 rings (SSSR count). The molecular formula is C21H22N4O2. The molecule has 138 valence electrons. The highest BCUT2D eigenvalue weighted by Crippen LogP contribution is 2.27. The molecule has 4 N–H and O–H groups in total. The van der Waals surface area contributed by atoms with Gasteiger partial charge in [-0.1, -0.05) is 36.4 Å². The highest BCUT2D eigenvalue weighted by atomic mass is 16.4. The minimum Gasteiger partial charge on any atom is -0.465 e. The zero-order valence-electron chi connectivity index (χ0n) is 14.9. The molecule has 0 saturated carbocycles. The van der Waals surface area contributed by atoms with Crippen molar-refractivity contribution in [2.75, 3.05) is 24.1 Å². The van der Waals surface area contributed by atoms with E-state index < -0.39 is 6.09 Å². The van der Waals surface area contributed by atoms with Crippen LogP contribution in [0.25, 0.3) is 22.0 Å². The van der Waals surface area contributed by atoms with Crippen molar-refractivity contribution >= 4 is 28.4 Å². The van der Waals surface area contributed by atoms with Crippen LogP contribution in [0.3, 0.4) is 0 Å². The second-order valence-electron chi connectivity index (χ2n) is 6.88. The maximum absolute atomic E-state index is 11.0. The lowest BCUT2D eigenvalue weighted by Crippen LogP contribution is -2.41. The van der Waals surface area contributed by atoms with E-state index in [1.165, 1.54) is 15.7 Å². The Morgan fingerprint density at radius 1 is 1.07 bits per heavy atom. The van der Waals surface area contributed by atoms with E-state index in [9.17, 15) is 4.79 Å². The van der Waals surface area contributed by atoms with Crippen molar-refractivity contribution in [2.24, 2.45) is 0 Å². The van der Waals surface area contributed by atoms with Crippen LogP contribution in [0, 0.1) is 0 Å². The molecule has 2 aromatic carbocycles. The molecule has 3 aromatic rings. The lowest BCUT2D eigenvalue weighted by molar-refractivity contribution is 0.134. The van der Waals surface area contributed by atoms with Crippen molar-refractivity contribution in [3.63, 3.8) is 0 Å². The third kappa shape index (κ3) is 3.65. The third-order valence-corrected chi connectivity index (χ3v) is 5.08. The van der Waals surface area contributed by atoms with Crippen LogP contribution in [0.2, 0.25) is 0 Å². The van der Waals surface area contributed by atoms with Crippen LogP contribution in [-0.2, 0) is 0 Å². The summed E-state index contributed by atoms with van der Waals surface area (Å²) in [5.74, 6) is 0.662. The normalized spacial score (nSPS) is 15.0. The molecule has 1 fully saturated rings. The van der Waals surface area contributed by atoms with Gasteiger partial charge >= 0.3 is 6.09 Å². The van der Waals surface area contributed by atoms with E-state index in [0.717, 1.165) is 24.1 Å². The summed E-state index contributed by atoms with van der Waals surface area (Å²) in [5.41, 5.74) is 8.62. The van der Waals surface area contributed by atoms with Gasteiger partial charge in [0.15, 0.2) is 0 Å². The summed E-state index contributed by atoms with van der Waals surface area (Å²) in [4.78, 5) is 17.2. The molecule has 1 aromatic heterocycles. The zero-order valence-corrected chi connectivity index (χ0v) is 14.9. The number of rotatable bonds is 3. The van der Waals surface area contributed by atoms with Gasteiger partial charge in [0.25, 0.3) is 0 Å². The first-order valence-electron chi connectivity index (χ1n) is 9.10. The number of fused-ring (bicyclic) bond motifs is 1. The van der Waals surface area contributed by atoms with Gasteiger partial charge in [0.2, 0.25) is 0 Å². The monoisotopic (exact) mass is 362 g/mol. The number of piperidine rings is 1. The second kappa shape index (κ2) is 7.15. The predicted molar refractivity (Wildman–Crippen MR) is 108 cm³/mol. The fraction of sp³-hybridized carbons (Fsp3) is 0.238. The average molecular weight is 362 g/mol. The van der Waals surface area contributed by atoms with Gasteiger partial charge in [-0.25, -0.2) is 9.78 Å². The number of carboxylic acid groups (broad SMARTS) is 1. The molecule has 0 radical (unpaired) electrons. The molecule has 1 aliphatic rings. The van der Waals surface area contributed by atoms with Gasteiger partial charge in [-0.05, 0) is 41.8 Å². The van der Waals surface area contributed by atoms with E-state index in [1.54, 1.807) is 0 Å². The standard InChI is InChI=1S/C21H22N4O2/c22-18-7-8-19(16-6-5-14-3-1-2-4-15(14)13-16)24-20(18)23-17-9-11-25(12-10-17)21(26)27/h1-8,13,17H,9-12,22H2,(H,23,24)(H,26,27). The van der Waals surface area contributed by atoms with Crippen LogP contribution in [0.4, 0.5) is 16.3 Å². The van der Waals surface area contributed by atoms with Gasteiger partial charge in [0.05, 0.1) is 11.4 Å². The number of anilines is 2. The van der Waals surface area contributed by atoms with Crippen molar-refractivity contribution in [2.45, 2.75) is 18.9 Å². The summed E-state index contributed by atoms with van der Waals surface area (Å²) in [6, 6.07) is 18.5.